The van der Waals surface area contributed by atoms with E-state index in [1.165, 1.54) is 27.8 Å². The summed E-state index contributed by atoms with van der Waals surface area (Å²) >= 11 is 0. The van der Waals surface area contributed by atoms with Gasteiger partial charge in [0, 0.05) is 17.7 Å². The van der Waals surface area contributed by atoms with E-state index >= 15 is 0 Å². The normalized spacial score (nSPS) is 25.9. The summed E-state index contributed by atoms with van der Waals surface area (Å²) in [5, 5.41) is 19.9. The summed E-state index contributed by atoms with van der Waals surface area (Å²) < 4.78 is 0. The largest absolute Gasteiger partial charge is 0.342 e. The third kappa shape index (κ3) is 16.6. The van der Waals surface area contributed by atoms with Crippen molar-refractivity contribution in [2.24, 2.45) is 35.3 Å². The molecule has 15 nitrogen and oxygen atoms in total. The van der Waals surface area contributed by atoms with Crippen molar-refractivity contribution >= 4 is 69.0 Å². The summed E-state index contributed by atoms with van der Waals surface area (Å²) in [7, 11) is 2.40. The van der Waals surface area contributed by atoms with E-state index in [0.717, 1.165) is 5.56 Å². The molecule has 1 aliphatic rings. The third-order valence-electron chi connectivity index (χ3n) is 11.9. The highest BCUT2D eigenvalue weighted by Gasteiger charge is 2.38. The molecule has 0 aliphatic carbocycles. The molecule has 1 saturated heterocycles. The first-order chi connectivity index (χ1) is 28.9. The lowest BCUT2D eigenvalue weighted by molar-refractivity contribution is -0.137. The molecule has 1 aromatic carbocycles. The van der Waals surface area contributed by atoms with E-state index in [-0.39, 0.29) is 41.1 Å². The Labute approximate surface area is 371 Å². The molecular formula is C44H72N8O7S2. The highest BCUT2D eigenvalue weighted by atomic mass is 33.1. The maximum Gasteiger partial charge on any atom is 0.247 e. The lowest BCUT2D eigenvalue weighted by atomic mass is 9.92. The van der Waals surface area contributed by atoms with Crippen molar-refractivity contribution in [1.82, 2.24) is 37.2 Å². The molecule has 61 heavy (non-hydrogen) atoms. The standard InChI is InChI=1S/C44H72N8O7S2/c1-11-25(6)33(45)40(55)47-32-24-61-60-23-31(38(53)46-22-21-30-19-17-16-18-20-30)48-41(56)34(26(7)12-2)50-43(58)36(28(9)14-4)52-44(59)37(29(10)15-5)51-42(57)35(27(8)13-3)49-39(32)54/h16-22,25-29,31-37H,11-15,23-24,45H2,1-10H3,(H,46,53)(H,47,55)(H,48,56)(H,49,54)(H,50,58)(H,51,57)(H,52,59). The van der Waals surface area contributed by atoms with Crippen LogP contribution in [0.25, 0.3) is 6.08 Å². The van der Waals surface area contributed by atoms with E-state index in [0.29, 0.717) is 32.1 Å². The number of carbonyl (C=O) groups is 7. The molecule has 0 aromatic heterocycles. The Balaban J connectivity index is 2.69. The second-order valence-corrected chi connectivity index (χ2v) is 18.9. The van der Waals surface area contributed by atoms with Crippen LogP contribution < -0.4 is 43.0 Å². The predicted molar refractivity (Wildman–Crippen MR) is 245 cm³/mol. The van der Waals surface area contributed by atoms with Crippen LogP contribution >= 0.6 is 21.6 Å². The van der Waals surface area contributed by atoms with Gasteiger partial charge in [-0.1, -0.05) is 153 Å². The zero-order chi connectivity index (χ0) is 45.8. The maximum atomic E-state index is 14.2. The van der Waals surface area contributed by atoms with Crippen LogP contribution in [0.1, 0.15) is 107 Å². The first-order valence-corrected chi connectivity index (χ1v) is 24.3. The van der Waals surface area contributed by atoms with Crippen LogP contribution in [0, 0.1) is 29.6 Å². The number of carbonyl (C=O) groups excluding carboxylic acids is 7. The third-order valence-corrected chi connectivity index (χ3v) is 14.3. The van der Waals surface area contributed by atoms with Gasteiger partial charge in [0.25, 0.3) is 0 Å². The quantitative estimate of drug-likeness (QED) is 0.119. The zero-order valence-corrected chi connectivity index (χ0v) is 39.3. The number of benzene rings is 1. The van der Waals surface area contributed by atoms with Crippen molar-refractivity contribution < 1.29 is 33.6 Å². The Bertz CT molecular complexity index is 1640. The van der Waals surface area contributed by atoms with Gasteiger partial charge in [0.05, 0.1) is 6.04 Å². The summed E-state index contributed by atoms with van der Waals surface area (Å²) in [4.78, 5) is 98.0. The van der Waals surface area contributed by atoms with Gasteiger partial charge < -0.3 is 43.0 Å². The lowest BCUT2D eigenvalue weighted by Gasteiger charge is -2.33. The number of nitrogens with one attached hydrogen (secondary N) is 7. The Morgan fingerprint density at radius 1 is 0.639 bits per heavy atom. The highest BCUT2D eigenvalue weighted by molar-refractivity contribution is 8.76. The number of hydrogen-bond acceptors (Lipinski definition) is 10. The monoisotopic (exact) mass is 888 g/mol. The Morgan fingerprint density at radius 3 is 1.48 bits per heavy atom. The number of amides is 7. The van der Waals surface area contributed by atoms with Crippen molar-refractivity contribution in [3.63, 3.8) is 0 Å². The van der Waals surface area contributed by atoms with Gasteiger partial charge in [-0.15, -0.1) is 0 Å². The summed E-state index contributed by atoms with van der Waals surface area (Å²) in [5.74, 6) is -5.63. The second-order valence-electron chi connectivity index (χ2n) is 16.3. The Morgan fingerprint density at radius 2 is 1.05 bits per heavy atom. The average molecular weight is 889 g/mol. The van der Waals surface area contributed by atoms with E-state index in [2.05, 4.69) is 37.2 Å². The molecular weight excluding hydrogens is 817 g/mol. The number of rotatable bonds is 15. The first-order valence-electron chi connectivity index (χ1n) is 21.8. The summed E-state index contributed by atoms with van der Waals surface area (Å²) in [5.41, 5.74) is 7.12. The van der Waals surface area contributed by atoms with Crippen LogP contribution in [-0.2, 0) is 33.6 Å². The van der Waals surface area contributed by atoms with Crippen molar-refractivity contribution in [2.45, 2.75) is 144 Å². The fraction of sp³-hybridized carbons (Fsp3) is 0.659. The molecule has 9 N–H and O–H groups in total. The summed E-state index contributed by atoms with van der Waals surface area (Å²) in [6, 6.07) is 1.90. The van der Waals surface area contributed by atoms with Crippen molar-refractivity contribution in [3.05, 3.63) is 42.1 Å². The fourth-order valence-electron chi connectivity index (χ4n) is 6.32. The van der Waals surface area contributed by atoms with Gasteiger partial charge >= 0.3 is 0 Å². The zero-order valence-electron chi connectivity index (χ0n) is 37.7. The van der Waals surface area contributed by atoms with Crippen LogP contribution in [0.2, 0.25) is 0 Å². The molecule has 12 unspecified atom stereocenters. The van der Waals surface area contributed by atoms with Crippen LogP contribution in [0.15, 0.2) is 36.5 Å². The Kier molecular flexibility index (Phi) is 23.5. The molecule has 2 rings (SSSR count). The first kappa shape index (κ1) is 53.0. The highest BCUT2D eigenvalue weighted by Crippen LogP contribution is 2.24. The van der Waals surface area contributed by atoms with Gasteiger partial charge in [-0.05, 0) is 41.2 Å². The van der Waals surface area contributed by atoms with Crippen LogP contribution in [0.3, 0.4) is 0 Å². The Hall–Kier alpha value is -4.09. The van der Waals surface area contributed by atoms with E-state index in [4.69, 9.17) is 5.73 Å². The van der Waals surface area contributed by atoms with Crippen molar-refractivity contribution in [3.8, 4) is 0 Å². The minimum absolute atomic E-state index is 0.0148. The van der Waals surface area contributed by atoms with Crippen LogP contribution in [0.4, 0.5) is 0 Å². The SMILES string of the molecule is CCC(C)C(N)C(=O)NC1CSSCC(C(=O)NC=Cc2ccccc2)NC(=O)C(C(C)CC)NC(=O)C(C(C)CC)NC(=O)C(C(C)CC)NC(=O)C(C(C)CC)NC1=O. The minimum atomic E-state index is -1.14. The molecule has 1 aromatic rings. The van der Waals surface area contributed by atoms with Crippen molar-refractivity contribution in [1.29, 1.82) is 0 Å². The molecule has 1 aliphatic heterocycles. The molecule has 0 spiro atoms. The summed E-state index contributed by atoms with van der Waals surface area (Å²) in [6.07, 6.45) is 5.86. The molecule has 1 heterocycles. The van der Waals surface area contributed by atoms with Gasteiger partial charge in [0.1, 0.15) is 36.3 Å². The van der Waals surface area contributed by atoms with Gasteiger partial charge in [-0.3, -0.25) is 33.6 Å². The van der Waals surface area contributed by atoms with Crippen LogP contribution in [-0.4, -0.2) is 95.1 Å². The molecule has 7 amide bonds. The number of nitrogens with two attached hydrogens (primary N) is 1. The van der Waals surface area contributed by atoms with E-state index in [1.807, 2.05) is 99.6 Å². The van der Waals surface area contributed by atoms with Crippen LogP contribution in [0.5, 0.6) is 0 Å². The lowest BCUT2D eigenvalue weighted by Crippen LogP contribution is -2.63. The molecule has 342 valence electrons. The molecule has 0 radical (unpaired) electrons. The second kappa shape index (κ2) is 27.1. The maximum absolute atomic E-state index is 14.2. The molecule has 12 atom stereocenters. The molecule has 0 bridgehead atoms. The van der Waals surface area contributed by atoms with Crippen molar-refractivity contribution in [2.75, 3.05) is 11.5 Å². The fourth-order valence-corrected chi connectivity index (χ4v) is 8.64. The average Bonchev–Trinajstić information content (AvgIpc) is 3.26. The summed E-state index contributed by atoms with van der Waals surface area (Å²) in [6.45, 7) is 18.5. The van der Waals surface area contributed by atoms with Gasteiger partial charge in [0.15, 0.2) is 0 Å². The van der Waals surface area contributed by atoms with E-state index in [1.54, 1.807) is 6.08 Å². The topological polar surface area (TPSA) is 230 Å². The number of hydrogen-bond donors (Lipinski definition) is 8. The van der Waals surface area contributed by atoms with Gasteiger partial charge in [-0.2, -0.15) is 0 Å². The molecule has 0 saturated carbocycles. The van der Waals surface area contributed by atoms with Gasteiger partial charge in [-0.25, -0.2) is 0 Å². The minimum Gasteiger partial charge on any atom is -0.342 e. The molecule has 1 fully saturated rings. The van der Waals surface area contributed by atoms with E-state index < -0.39 is 83.6 Å². The van der Waals surface area contributed by atoms with Gasteiger partial charge in [0.2, 0.25) is 41.4 Å². The predicted octanol–water partition coefficient (Wildman–Crippen LogP) is 3.64. The smallest absolute Gasteiger partial charge is 0.247 e. The molecule has 17 heteroatoms. The van der Waals surface area contributed by atoms with E-state index in [9.17, 15) is 33.6 Å².